The minimum absolute atomic E-state index is 0.0575. The van der Waals surface area contributed by atoms with E-state index in [-0.39, 0.29) is 11.2 Å². The fourth-order valence-corrected chi connectivity index (χ4v) is 1.77. The molecule has 4 nitrogen and oxygen atoms in total. The van der Waals surface area contributed by atoms with Gasteiger partial charge in [0, 0.05) is 28.9 Å². The van der Waals surface area contributed by atoms with Crippen molar-refractivity contribution in [1.29, 1.82) is 0 Å². The van der Waals surface area contributed by atoms with E-state index >= 15 is 0 Å². The Balaban J connectivity index is 2.40. The molecule has 5 heteroatoms. The molecule has 1 aromatic carbocycles. The molecule has 3 N–H and O–H groups in total. The fourth-order valence-electron chi connectivity index (χ4n) is 1.45. The Morgan fingerprint density at radius 3 is 2.56 bits per heavy atom. The third-order valence-corrected chi connectivity index (χ3v) is 4.07. The van der Waals surface area contributed by atoms with Crippen molar-refractivity contribution in [3.63, 3.8) is 0 Å². The van der Waals surface area contributed by atoms with E-state index in [0.717, 1.165) is 5.56 Å². The first-order valence-electron chi connectivity index (χ1n) is 5.90. The lowest BCUT2D eigenvalue weighted by Gasteiger charge is -2.14. The molecule has 0 aliphatic rings. The molecule has 1 amide bonds. The Bertz CT molecular complexity index is 409. The monoisotopic (exact) mass is 268 g/mol. The van der Waals surface area contributed by atoms with Crippen LogP contribution >= 0.6 is 0 Å². The van der Waals surface area contributed by atoms with Gasteiger partial charge >= 0.3 is 0 Å². The zero-order chi connectivity index (χ0) is 13.5. The summed E-state index contributed by atoms with van der Waals surface area (Å²) in [5.41, 5.74) is 6.86. The quantitative estimate of drug-likeness (QED) is 0.786. The highest BCUT2D eigenvalue weighted by atomic mass is 32.2. The molecular formula is C13H20N2O2S. The second kappa shape index (κ2) is 7.28. The van der Waals surface area contributed by atoms with Crippen molar-refractivity contribution in [2.45, 2.75) is 24.6 Å². The standard InChI is InChI=1S/C13H20N2O2S/c1-10(18(2)17)9-15-13(16)12(14)8-11-6-4-3-5-7-11/h3-7,10,12H,8-9,14H2,1-2H3,(H,15,16). The van der Waals surface area contributed by atoms with Crippen molar-refractivity contribution < 1.29 is 9.00 Å². The maximum Gasteiger partial charge on any atom is 0.237 e. The van der Waals surface area contributed by atoms with Crippen LogP contribution in [0.5, 0.6) is 0 Å². The van der Waals surface area contributed by atoms with Crippen LogP contribution in [0.15, 0.2) is 30.3 Å². The third kappa shape index (κ3) is 4.98. The van der Waals surface area contributed by atoms with E-state index < -0.39 is 16.8 Å². The van der Waals surface area contributed by atoms with E-state index in [9.17, 15) is 9.00 Å². The van der Waals surface area contributed by atoms with Gasteiger partial charge in [0.05, 0.1) is 6.04 Å². The zero-order valence-corrected chi connectivity index (χ0v) is 11.6. The fraction of sp³-hybridized carbons (Fsp3) is 0.462. The molecule has 3 atom stereocenters. The topological polar surface area (TPSA) is 72.2 Å². The second-order valence-electron chi connectivity index (χ2n) is 4.35. The van der Waals surface area contributed by atoms with Gasteiger partial charge < -0.3 is 11.1 Å². The highest BCUT2D eigenvalue weighted by Crippen LogP contribution is 2.02. The van der Waals surface area contributed by atoms with E-state index in [4.69, 9.17) is 5.73 Å². The van der Waals surface area contributed by atoms with Gasteiger partial charge in [-0.05, 0) is 18.9 Å². The van der Waals surface area contributed by atoms with Crippen molar-refractivity contribution in [2.24, 2.45) is 5.73 Å². The van der Waals surface area contributed by atoms with Crippen molar-refractivity contribution in [3.8, 4) is 0 Å². The molecule has 0 radical (unpaired) electrons. The number of carbonyl (C=O) groups excluding carboxylic acids is 1. The van der Waals surface area contributed by atoms with Crippen molar-refractivity contribution >= 4 is 16.7 Å². The summed E-state index contributed by atoms with van der Waals surface area (Å²) in [6.07, 6.45) is 2.14. The minimum Gasteiger partial charge on any atom is -0.354 e. The Morgan fingerprint density at radius 1 is 1.39 bits per heavy atom. The molecule has 0 heterocycles. The summed E-state index contributed by atoms with van der Waals surface area (Å²) >= 11 is 0. The number of benzene rings is 1. The summed E-state index contributed by atoms with van der Waals surface area (Å²) in [7, 11) is -0.933. The van der Waals surface area contributed by atoms with Gasteiger partial charge in [-0.15, -0.1) is 0 Å². The molecule has 0 saturated carbocycles. The molecule has 1 rings (SSSR count). The van der Waals surface area contributed by atoms with Gasteiger partial charge in [0.1, 0.15) is 0 Å². The van der Waals surface area contributed by atoms with Crippen LogP contribution in [-0.4, -0.2) is 34.2 Å². The summed E-state index contributed by atoms with van der Waals surface area (Å²) in [6.45, 7) is 2.23. The second-order valence-corrected chi connectivity index (χ2v) is 6.15. The number of hydrogen-bond acceptors (Lipinski definition) is 3. The summed E-state index contributed by atoms with van der Waals surface area (Å²) in [4.78, 5) is 11.7. The molecule has 0 aliphatic carbocycles. The Labute approximate surface area is 110 Å². The molecule has 0 fully saturated rings. The van der Waals surface area contributed by atoms with Crippen molar-refractivity contribution in [3.05, 3.63) is 35.9 Å². The van der Waals surface area contributed by atoms with E-state index in [1.807, 2.05) is 37.3 Å². The lowest BCUT2D eigenvalue weighted by atomic mass is 10.1. The highest BCUT2D eigenvalue weighted by molar-refractivity contribution is 7.84. The Hall–Kier alpha value is -1.20. The van der Waals surface area contributed by atoms with Crippen LogP contribution in [0.1, 0.15) is 12.5 Å². The van der Waals surface area contributed by atoms with E-state index in [1.165, 1.54) is 0 Å². The third-order valence-electron chi connectivity index (χ3n) is 2.77. The van der Waals surface area contributed by atoms with Crippen molar-refractivity contribution in [1.82, 2.24) is 5.32 Å². The van der Waals surface area contributed by atoms with Gasteiger partial charge in [0.15, 0.2) is 0 Å². The van der Waals surface area contributed by atoms with E-state index in [2.05, 4.69) is 5.32 Å². The van der Waals surface area contributed by atoms with Gasteiger partial charge in [-0.25, -0.2) is 0 Å². The minimum atomic E-state index is -0.933. The first-order valence-corrected chi connectivity index (χ1v) is 7.52. The van der Waals surface area contributed by atoms with Crippen LogP contribution in [0.4, 0.5) is 0 Å². The molecule has 0 aliphatic heterocycles. The van der Waals surface area contributed by atoms with Crippen LogP contribution in [0.25, 0.3) is 0 Å². The molecule has 18 heavy (non-hydrogen) atoms. The van der Waals surface area contributed by atoms with E-state index in [1.54, 1.807) is 6.26 Å². The van der Waals surface area contributed by atoms with Gasteiger partial charge in [0.2, 0.25) is 5.91 Å². The van der Waals surface area contributed by atoms with E-state index in [0.29, 0.717) is 13.0 Å². The van der Waals surface area contributed by atoms with Gasteiger partial charge in [-0.2, -0.15) is 0 Å². The largest absolute Gasteiger partial charge is 0.354 e. The maximum absolute atomic E-state index is 11.7. The lowest BCUT2D eigenvalue weighted by Crippen LogP contribution is -2.44. The molecule has 0 saturated heterocycles. The number of nitrogens with two attached hydrogens (primary N) is 1. The van der Waals surface area contributed by atoms with Crippen molar-refractivity contribution in [2.75, 3.05) is 12.8 Å². The number of amides is 1. The van der Waals surface area contributed by atoms with Gasteiger partial charge in [-0.3, -0.25) is 9.00 Å². The predicted octanol–water partition coefficient (Wildman–Crippen LogP) is 0.440. The Kier molecular flexibility index (Phi) is 6.01. The summed E-state index contributed by atoms with van der Waals surface area (Å²) in [5.74, 6) is -0.198. The normalized spacial score (nSPS) is 15.7. The lowest BCUT2D eigenvalue weighted by molar-refractivity contribution is -0.122. The number of carbonyl (C=O) groups is 1. The van der Waals surface area contributed by atoms with Crippen LogP contribution in [0.2, 0.25) is 0 Å². The maximum atomic E-state index is 11.7. The average molecular weight is 268 g/mol. The summed E-state index contributed by atoms with van der Waals surface area (Å²) in [6, 6.07) is 9.08. The van der Waals surface area contributed by atoms with Crippen LogP contribution in [0.3, 0.4) is 0 Å². The molecule has 100 valence electrons. The van der Waals surface area contributed by atoms with Crippen LogP contribution in [-0.2, 0) is 22.0 Å². The zero-order valence-electron chi connectivity index (χ0n) is 10.8. The smallest absolute Gasteiger partial charge is 0.237 e. The molecule has 0 bridgehead atoms. The van der Waals surface area contributed by atoms with Crippen LogP contribution in [0, 0.1) is 0 Å². The number of rotatable bonds is 6. The first kappa shape index (κ1) is 14.9. The molecule has 0 spiro atoms. The Morgan fingerprint density at radius 2 is 2.00 bits per heavy atom. The van der Waals surface area contributed by atoms with Crippen LogP contribution < -0.4 is 11.1 Å². The van der Waals surface area contributed by atoms with Gasteiger partial charge in [0.25, 0.3) is 0 Å². The molecule has 1 aromatic rings. The SMILES string of the molecule is CC(CNC(=O)C(N)Cc1ccccc1)S(C)=O. The molecule has 0 aromatic heterocycles. The summed E-state index contributed by atoms with van der Waals surface area (Å²) in [5, 5.41) is 2.67. The number of nitrogens with one attached hydrogen (secondary N) is 1. The first-order chi connectivity index (χ1) is 8.50. The average Bonchev–Trinajstić information content (AvgIpc) is 2.36. The highest BCUT2D eigenvalue weighted by Gasteiger charge is 2.15. The summed E-state index contributed by atoms with van der Waals surface area (Å²) < 4.78 is 11.1. The van der Waals surface area contributed by atoms with Gasteiger partial charge in [-0.1, -0.05) is 30.3 Å². The molecular weight excluding hydrogens is 248 g/mol. The predicted molar refractivity (Wildman–Crippen MR) is 74.7 cm³/mol. The number of hydrogen-bond donors (Lipinski definition) is 2. The molecule has 3 unspecified atom stereocenters.